The molecule has 0 radical (unpaired) electrons. The maximum atomic E-state index is 14.5. The second kappa shape index (κ2) is 8.62. The van der Waals surface area contributed by atoms with Gasteiger partial charge in [0.1, 0.15) is 10.6 Å². The van der Waals surface area contributed by atoms with Gasteiger partial charge >= 0.3 is 0 Å². The van der Waals surface area contributed by atoms with Crippen molar-refractivity contribution in [2.24, 2.45) is 0 Å². The third-order valence-electron chi connectivity index (χ3n) is 6.31. The fraction of sp³-hybridized carbons (Fsp3) is 0.565. The van der Waals surface area contributed by atoms with Gasteiger partial charge in [-0.15, -0.1) is 0 Å². The summed E-state index contributed by atoms with van der Waals surface area (Å²) in [5.41, 5.74) is 0.0179. The molecule has 1 saturated heterocycles. The number of piperidine rings is 1. The van der Waals surface area contributed by atoms with Crippen molar-refractivity contribution >= 4 is 22.6 Å². The van der Waals surface area contributed by atoms with Crippen LogP contribution in [0.1, 0.15) is 69.3 Å². The summed E-state index contributed by atoms with van der Waals surface area (Å²) in [5, 5.41) is 7.32. The molecular weight excluding hydrogens is 443 g/mol. The number of nitrogens with one attached hydrogen (secondary N) is 1. The molecule has 0 bridgehead atoms. The molecule has 1 fully saturated rings. The number of aryl methyl sites for hydroxylation is 1. The van der Waals surface area contributed by atoms with E-state index in [2.05, 4.69) is 20.4 Å². The van der Waals surface area contributed by atoms with Gasteiger partial charge in [-0.3, -0.25) is 4.21 Å². The molecule has 176 valence electrons. The number of hydrogen-bond acceptors (Lipinski definition) is 8. The average Bonchev–Trinajstić information content (AvgIpc) is 3.41. The van der Waals surface area contributed by atoms with Crippen LogP contribution in [0.15, 0.2) is 33.3 Å². The molecule has 2 aliphatic heterocycles. The minimum Gasteiger partial charge on any atom is -0.341 e. The van der Waals surface area contributed by atoms with Gasteiger partial charge in [0, 0.05) is 49.2 Å². The molecule has 1 N–H and O–H groups in total. The second-order valence-electron chi connectivity index (χ2n) is 9.46. The number of rotatable bonds is 5. The van der Waals surface area contributed by atoms with E-state index in [1.54, 1.807) is 19.1 Å². The molecule has 8 nitrogen and oxygen atoms in total. The smallest absolute Gasteiger partial charge is 0.229 e. The zero-order chi connectivity index (χ0) is 23.2. The van der Waals surface area contributed by atoms with Crippen molar-refractivity contribution in [3.05, 3.63) is 41.3 Å². The summed E-state index contributed by atoms with van der Waals surface area (Å²) in [6, 6.07) is 0. The molecule has 0 aromatic carbocycles. The predicted octanol–water partition coefficient (Wildman–Crippen LogP) is 4.01. The van der Waals surface area contributed by atoms with E-state index in [1.807, 2.05) is 19.9 Å². The monoisotopic (exact) mass is 472 g/mol. The number of halogens is 1. The van der Waals surface area contributed by atoms with Gasteiger partial charge in [0.05, 0.1) is 16.5 Å². The SMILES string of the molecule is CC(C)c1noc(C2CCN(c3nc4c(c(NC5=CC(C)(F)CC=C5)n3)S(=O)CC4)CC2)n1. The predicted molar refractivity (Wildman–Crippen MR) is 125 cm³/mol. The zero-order valence-electron chi connectivity index (χ0n) is 19.2. The third kappa shape index (κ3) is 4.58. The number of nitrogens with zero attached hydrogens (tertiary/aromatic N) is 5. The largest absolute Gasteiger partial charge is 0.341 e. The molecule has 3 aliphatic rings. The summed E-state index contributed by atoms with van der Waals surface area (Å²) in [7, 11) is -1.16. The minimum atomic E-state index is -1.42. The van der Waals surface area contributed by atoms with Gasteiger partial charge in [-0.05, 0) is 31.9 Å². The van der Waals surface area contributed by atoms with Crippen LogP contribution in [-0.4, -0.2) is 48.8 Å². The highest BCUT2D eigenvalue weighted by Gasteiger charge is 2.31. The molecule has 0 saturated carbocycles. The summed E-state index contributed by atoms with van der Waals surface area (Å²) >= 11 is 0. The molecule has 33 heavy (non-hydrogen) atoms. The number of alkyl halides is 1. The van der Waals surface area contributed by atoms with Gasteiger partial charge in [0.15, 0.2) is 11.6 Å². The Labute approximate surface area is 195 Å². The third-order valence-corrected chi connectivity index (χ3v) is 7.77. The summed E-state index contributed by atoms with van der Waals surface area (Å²) in [6.45, 7) is 7.17. The molecule has 5 rings (SSSR count). The van der Waals surface area contributed by atoms with Gasteiger partial charge in [0.25, 0.3) is 0 Å². The van der Waals surface area contributed by atoms with Crippen LogP contribution in [0.2, 0.25) is 0 Å². The van der Waals surface area contributed by atoms with Gasteiger partial charge in [0.2, 0.25) is 11.8 Å². The van der Waals surface area contributed by atoms with Crippen LogP contribution in [0.3, 0.4) is 0 Å². The first-order valence-corrected chi connectivity index (χ1v) is 12.8. The van der Waals surface area contributed by atoms with Crippen molar-refractivity contribution in [1.82, 2.24) is 20.1 Å². The standard InChI is InChI=1S/C23H29FN6O2S/c1-14(2)19-27-21(32-29-19)15-6-10-30(11-7-15)22-26-17-8-12-33(31)18(17)20(28-22)25-16-5-4-9-23(3,24)13-16/h4-5,13-15H,6-12H2,1-3H3,(H,25,26,28). The lowest BCUT2D eigenvalue weighted by Gasteiger charge is -2.31. The van der Waals surface area contributed by atoms with Crippen molar-refractivity contribution in [3.8, 4) is 0 Å². The fourth-order valence-electron chi connectivity index (χ4n) is 4.45. The van der Waals surface area contributed by atoms with E-state index in [0.29, 0.717) is 46.8 Å². The number of anilines is 2. The first-order valence-electron chi connectivity index (χ1n) is 11.5. The minimum absolute atomic E-state index is 0.223. The first-order chi connectivity index (χ1) is 15.8. The second-order valence-corrected chi connectivity index (χ2v) is 11.0. The maximum Gasteiger partial charge on any atom is 0.229 e. The van der Waals surface area contributed by atoms with E-state index in [1.165, 1.54) is 0 Å². The van der Waals surface area contributed by atoms with Crippen LogP contribution in [-0.2, 0) is 17.2 Å². The molecule has 2 aromatic heterocycles. The Balaban J connectivity index is 1.36. The Morgan fingerprint density at radius 2 is 2.06 bits per heavy atom. The van der Waals surface area contributed by atoms with Crippen LogP contribution in [0.4, 0.5) is 16.2 Å². The number of aromatic nitrogens is 4. The summed E-state index contributed by atoms with van der Waals surface area (Å²) in [5.74, 6) is 3.58. The highest BCUT2D eigenvalue weighted by atomic mass is 32.2. The molecule has 0 spiro atoms. The van der Waals surface area contributed by atoms with Crippen LogP contribution in [0, 0.1) is 0 Å². The van der Waals surface area contributed by atoms with E-state index in [4.69, 9.17) is 14.5 Å². The normalized spacial score (nSPS) is 25.4. The van der Waals surface area contributed by atoms with Crippen molar-refractivity contribution in [1.29, 1.82) is 0 Å². The van der Waals surface area contributed by atoms with Crippen LogP contribution >= 0.6 is 0 Å². The van der Waals surface area contributed by atoms with E-state index in [9.17, 15) is 8.60 Å². The molecule has 10 heteroatoms. The van der Waals surface area contributed by atoms with Crippen molar-refractivity contribution in [3.63, 3.8) is 0 Å². The summed E-state index contributed by atoms with van der Waals surface area (Å²) < 4.78 is 32.6. The molecule has 4 heterocycles. The molecule has 0 amide bonds. The number of hydrogen-bond donors (Lipinski definition) is 1. The van der Waals surface area contributed by atoms with Gasteiger partial charge in [-0.1, -0.05) is 25.1 Å². The highest BCUT2D eigenvalue weighted by Crippen LogP contribution is 2.34. The number of allylic oxidation sites excluding steroid dienone is 3. The van der Waals surface area contributed by atoms with Crippen LogP contribution in [0.25, 0.3) is 0 Å². The Morgan fingerprint density at radius 1 is 1.27 bits per heavy atom. The Bertz CT molecular complexity index is 1130. The van der Waals surface area contributed by atoms with E-state index in [0.717, 1.165) is 37.4 Å². The summed E-state index contributed by atoms with van der Waals surface area (Å²) in [6.07, 6.45) is 7.92. The lowest BCUT2D eigenvalue weighted by Crippen LogP contribution is -2.34. The zero-order valence-corrected chi connectivity index (χ0v) is 20.0. The Hall–Kier alpha value is -2.62. The molecule has 2 aromatic rings. The Kier molecular flexibility index (Phi) is 5.80. The van der Waals surface area contributed by atoms with Crippen LogP contribution < -0.4 is 10.2 Å². The van der Waals surface area contributed by atoms with Crippen molar-refractivity contribution in [2.75, 3.05) is 29.1 Å². The lowest BCUT2D eigenvalue weighted by atomic mass is 9.97. The fourth-order valence-corrected chi connectivity index (χ4v) is 5.75. The Morgan fingerprint density at radius 3 is 2.76 bits per heavy atom. The molecular formula is C23H29FN6O2S. The lowest BCUT2D eigenvalue weighted by molar-refractivity contribution is 0.258. The molecule has 2 atom stereocenters. The quantitative estimate of drug-likeness (QED) is 0.697. The highest BCUT2D eigenvalue weighted by molar-refractivity contribution is 7.85. The maximum absolute atomic E-state index is 14.5. The summed E-state index contributed by atoms with van der Waals surface area (Å²) in [4.78, 5) is 16.9. The van der Waals surface area contributed by atoms with E-state index >= 15 is 0 Å². The average molecular weight is 473 g/mol. The van der Waals surface area contributed by atoms with Crippen molar-refractivity contribution < 1.29 is 13.1 Å². The van der Waals surface area contributed by atoms with Gasteiger partial charge in [-0.2, -0.15) is 9.97 Å². The first kappa shape index (κ1) is 22.2. The topological polar surface area (TPSA) is 97.0 Å². The molecule has 2 unspecified atom stereocenters. The van der Waals surface area contributed by atoms with Gasteiger partial charge < -0.3 is 14.7 Å². The van der Waals surface area contributed by atoms with Crippen molar-refractivity contribution in [2.45, 2.75) is 68.9 Å². The van der Waals surface area contributed by atoms with E-state index in [-0.39, 0.29) is 11.8 Å². The van der Waals surface area contributed by atoms with Crippen LogP contribution in [0.5, 0.6) is 0 Å². The number of fused-ring (bicyclic) bond motifs is 1. The molecule has 1 aliphatic carbocycles. The van der Waals surface area contributed by atoms with Gasteiger partial charge in [-0.25, -0.2) is 9.37 Å². The van der Waals surface area contributed by atoms with E-state index < -0.39 is 16.5 Å².